The van der Waals surface area contributed by atoms with Crippen molar-refractivity contribution in [3.05, 3.63) is 35.5 Å². The lowest BCUT2D eigenvalue weighted by atomic mass is 9.48. The van der Waals surface area contributed by atoms with Gasteiger partial charge in [0.1, 0.15) is 5.60 Å². The number of hydrogen-bond acceptors (Lipinski definition) is 5. The van der Waals surface area contributed by atoms with Crippen LogP contribution in [0.2, 0.25) is 0 Å². The lowest BCUT2D eigenvalue weighted by molar-refractivity contribution is -0.172. The lowest BCUT2D eigenvalue weighted by Crippen LogP contribution is -2.60. The Morgan fingerprint density at radius 1 is 1.30 bits per heavy atom. The van der Waals surface area contributed by atoms with Gasteiger partial charge in [-0.05, 0) is 56.6 Å². The summed E-state index contributed by atoms with van der Waals surface area (Å²) in [5.41, 5.74) is -0.0297. The van der Waals surface area contributed by atoms with Crippen LogP contribution in [0.4, 0.5) is 0 Å². The van der Waals surface area contributed by atoms with Gasteiger partial charge in [0.05, 0.1) is 0 Å². The minimum atomic E-state index is -1.57. The highest BCUT2D eigenvalue weighted by atomic mass is 16.5. The summed E-state index contributed by atoms with van der Waals surface area (Å²) >= 11 is 0. The summed E-state index contributed by atoms with van der Waals surface area (Å²) < 4.78 is 4.95. The molecule has 0 aromatic rings. The SMILES string of the molecule is CCC1C2CCC3=CC(=O)C=C[C@]3(C)C2=CC[C@]1(C)C(O)(CC)C(=O)COC(C)=O. The van der Waals surface area contributed by atoms with Gasteiger partial charge in [-0.15, -0.1) is 0 Å². The van der Waals surface area contributed by atoms with Crippen LogP contribution in [0.15, 0.2) is 35.5 Å². The number of esters is 1. The Morgan fingerprint density at radius 2 is 2.00 bits per heavy atom. The van der Waals surface area contributed by atoms with E-state index < -0.39 is 29.4 Å². The van der Waals surface area contributed by atoms with Gasteiger partial charge < -0.3 is 9.84 Å². The van der Waals surface area contributed by atoms with Crippen LogP contribution in [0.25, 0.3) is 0 Å². The van der Waals surface area contributed by atoms with E-state index in [0.29, 0.717) is 6.42 Å². The number of aliphatic hydroxyl groups is 1. The first kappa shape index (κ1) is 22.7. The fourth-order valence-electron chi connectivity index (χ4n) is 6.31. The fraction of sp³-hybridized carbons (Fsp3) is 0.640. The van der Waals surface area contributed by atoms with Gasteiger partial charge in [0.15, 0.2) is 12.4 Å². The summed E-state index contributed by atoms with van der Waals surface area (Å²) in [4.78, 5) is 36.2. The molecule has 30 heavy (non-hydrogen) atoms. The highest BCUT2D eigenvalue weighted by molar-refractivity contribution is 6.01. The van der Waals surface area contributed by atoms with Crippen LogP contribution >= 0.6 is 0 Å². The van der Waals surface area contributed by atoms with Crippen LogP contribution in [-0.2, 0) is 19.1 Å². The number of ketones is 2. The summed E-state index contributed by atoms with van der Waals surface area (Å²) in [6, 6.07) is 0. The van der Waals surface area contributed by atoms with E-state index in [4.69, 9.17) is 4.74 Å². The third-order valence-electron chi connectivity index (χ3n) is 8.10. The van der Waals surface area contributed by atoms with Gasteiger partial charge in [-0.3, -0.25) is 14.4 Å². The van der Waals surface area contributed by atoms with Crippen molar-refractivity contribution in [2.75, 3.05) is 6.61 Å². The number of allylic oxidation sites excluding steroid dienone is 6. The van der Waals surface area contributed by atoms with E-state index in [-0.39, 0.29) is 29.5 Å². The maximum Gasteiger partial charge on any atom is 0.303 e. The summed E-state index contributed by atoms with van der Waals surface area (Å²) in [6.45, 7) is 8.99. The molecule has 0 amide bonds. The first-order chi connectivity index (χ1) is 14.0. The molecule has 0 spiro atoms. The number of carbonyl (C=O) groups excluding carboxylic acids is 3. The van der Waals surface area contributed by atoms with Crippen molar-refractivity contribution in [1.29, 1.82) is 0 Å². The minimum absolute atomic E-state index is 0.0469. The van der Waals surface area contributed by atoms with Crippen molar-refractivity contribution < 1.29 is 24.2 Å². The molecule has 0 aliphatic heterocycles. The fourth-order valence-corrected chi connectivity index (χ4v) is 6.31. The Labute approximate surface area is 179 Å². The number of hydrogen-bond donors (Lipinski definition) is 1. The minimum Gasteiger partial charge on any atom is -0.458 e. The maximum absolute atomic E-state index is 13.0. The van der Waals surface area contributed by atoms with Gasteiger partial charge in [-0.25, -0.2) is 0 Å². The average Bonchev–Trinajstić information content (AvgIpc) is 2.71. The molecule has 3 aliphatic carbocycles. The predicted molar refractivity (Wildman–Crippen MR) is 115 cm³/mol. The Morgan fingerprint density at radius 3 is 2.60 bits per heavy atom. The number of fused-ring (bicyclic) bond motifs is 3. The monoisotopic (exact) mass is 414 g/mol. The highest BCUT2D eigenvalue weighted by Crippen LogP contribution is 2.61. The van der Waals surface area contributed by atoms with Crippen LogP contribution in [0.5, 0.6) is 0 Å². The van der Waals surface area contributed by atoms with Crippen LogP contribution in [0.1, 0.15) is 66.7 Å². The van der Waals surface area contributed by atoms with Gasteiger partial charge in [-0.2, -0.15) is 0 Å². The third-order valence-corrected chi connectivity index (χ3v) is 8.10. The molecule has 0 aromatic carbocycles. The van der Waals surface area contributed by atoms with E-state index >= 15 is 0 Å². The van der Waals surface area contributed by atoms with E-state index in [1.807, 2.05) is 19.9 Å². The summed E-state index contributed by atoms with van der Waals surface area (Å²) in [5, 5.41) is 11.7. The predicted octanol–water partition coefficient (Wildman–Crippen LogP) is 4.10. The molecule has 0 radical (unpaired) electrons. The smallest absolute Gasteiger partial charge is 0.303 e. The Hall–Kier alpha value is -2.01. The van der Waals surface area contributed by atoms with Crippen LogP contribution in [-0.4, -0.2) is 34.9 Å². The molecular weight excluding hydrogens is 380 g/mol. The van der Waals surface area contributed by atoms with E-state index in [9.17, 15) is 19.5 Å². The second-order valence-corrected chi connectivity index (χ2v) is 9.47. The molecular formula is C25H34O5. The van der Waals surface area contributed by atoms with E-state index in [1.165, 1.54) is 12.5 Å². The Balaban J connectivity index is 2.02. The van der Waals surface area contributed by atoms with Crippen molar-refractivity contribution in [2.24, 2.45) is 22.7 Å². The Kier molecular flexibility index (Phi) is 5.98. The van der Waals surface area contributed by atoms with Gasteiger partial charge in [0.25, 0.3) is 0 Å². The number of ether oxygens (including phenoxy) is 1. The Bertz CT molecular complexity index is 850. The quantitative estimate of drug-likeness (QED) is 0.523. The molecule has 5 atom stereocenters. The molecule has 0 heterocycles. The molecule has 3 unspecified atom stereocenters. The average molecular weight is 415 g/mol. The second-order valence-electron chi connectivity index (χ2n) is 9.47. The standard InChI is InChI=1S/C25H34O5/c1-6-20-19-9-8-17-14-18(27)10-12-23(17,4)21(19)11-13-24(20,5)25(29,7-2)22(28)15-30-16(3)26/h10-12,14,19-20,29H,6-9,13,15H2,1-5H3/t19?,20?,23-,24-,25?/m0/s1. The van der Waals surface area contributed by atoms with Crippen molar-refractivity contribution in [3.8, 4) is 0 Å². The lowest BCUT2D eigenvalue weighted by Gasteiger charge is -2.57. The summed E-state index contributed by atoms with van der Waals surface area (Å²) in [7, 11) is 0. The molecule has 1 fully saturated rings. The molecule has 164 valence electrons. The molecule has 3 rings (SSSR count). The summed E-state index contributed by atoms with van der Waals surface area (Å²) in [6.07, 6.45) is 11.1. The molecule has 0 aromatic heterocycles. The van der Waals surface area contributed by atoms with E-state index in [0.717, 1.165) is 24.8 Å². The van der Waals surface area contributed by atoms with Gasteiger partial charge >= 0.3 is 5.97 Å². The van der Waals surface area contributed by atoms with E-state index in [2.05, 4.69) is 19.9 Å². The van der Waals surface area contributed by atoms with Crippen LogP contribution < -0.4 is 0 Å². The second kappa shape index (κ2) is 7.92. The highest BCUT2D eigenvalue weighted by Gasteiger charge is 2.59. The van der Waals surface area contributed by atoms with Crippen LogP contribution in [0.3, 0.4) is 0 Å². The molecule has 5 heteroatoms. The van der Waals surface area contributed by atoms with Crippen molar-refractivity contribution in [1.82, 2.24) is 0 Å². The molecule has 5 nitrogen and oxygen atoms in total. The van der Waals surface area contributed by atoms with Crippen molar-refractivity contribution in [3.63, 3.8) is 0 Å². The topological polar surface area (TPSA) is 80.7 Å². The molecule has 1 saturated carbocycles. The van der Waals surface area contributed by atoms with E-state index in [1.54, 1.807) is 12.2 Å². The van der Waals surface area contributed by atoms with Gasteiger partial charge in [0, 0.05) is 17.8 Å². The molecule has 3 aliphatic rings. The maximum atomic E-state index is 13.0. The molecule has 0 saturated heterocycles. The number of rotatable bonds is 6. The zero-order chi connectivity index (χ0) is 22.3. The number of Topliss-reactive ketones (excluding diaryl/α,β-unsaturated/α-hetero) is 1. The van der Waals surface area contributed by atoms with Crippen LogP contribution in [0, 0.1) is 22.7 Å². The first-order valence-electron chi connectivity index (χ1n) is 11.1. The largest absolute Gasteiger partial charge is 0.458 e. The third kappa shape index (κ3) is 3.31. The zero-order valence-electron chi connectivity index (χ0n) is 18.8. The number of carbonyl (C=O) groups is 3. The van der Waals surface area contributed by atoms with Gasteiger partial charge in [0.2, 0.25) is 5.78 Å². The zero-order valence-corrected chi connectivity index (χ0v) is 18.8. The van der Waals surface area contributed by atoms with Gasteiger partial charge in [-0.1, -0.05) is 50.5 Å². The normalized spacial score (nSPS) is 34.8. The summed E-state index contributed by atoms with van der Waals surface area (Å²) in [5.74, 6) is -0.570. The molecule has 0 bridgehead atoms. The molecule has 1 N–H and O–H groups in total. The van der Waals surface area contributed by atoms with Crippen molar-refractivity contribution in [2.45, 2.75) is 72.3 Å². The van der Waals surface area contributed by atoms with Crippen molar-refractivity contribution >= 4 is 17.5 Å². The first-order valence-corrected chi connectivity index (χ1v) is 11.1.